The van der Waals surface area contributed by atoms with Gasteiger partial charge in [0.1, 0.15) is 0 Å². The number of nitrogens with one attached hydrogen (secondary N) is 1. The van der Waals surface area contributed by atoms with Crippen molar-refractivity contribution in [2.24, 2.45) is 5.73 Å². The van der Waals surface area contributed by atoms with E-state index in [1.54, 1.807) is 0 Å². The average molecular weight is 325 g/mol. The van der Waals surface area contributed by atoms with Crippen molar-refractivity contribution in [3.63, 3.8) is 0 Å². The van der Waals surface area contributed by atoms with E-state index in [1.165, 1.54) is 5.56 Å². The number of hydrogen-bond acceptors (Lipinski definition) is 3. The summed E-state index contributed by atoms with van der Waals surface area (Å²) in [5, 5.41) is 2.96. The smallest absolute Gasteiger partial charge is 0.221 e. The summed E-state index contributed by atoms with van der Waals surface area (Å²) < 4.78 is 0. The van der Waals surface area contributed by atoms with Crippen LogP contribution in [0.2, 0.25) is 0 Å². The van der Waals surface area contributed by atoms with E-state index in [4.69, 9.17) is 5.73 Å². The summed E-state index contributed by atoms with van der Waals surface area (Å²) in [6, 6.07) is 19.9. The Kier molecular flexibility index (Phi) is 7.46. The number of rotatable bonds is 9. The maximum Gasteiger partial charge on any atom is 0.221 e. The van der Waals surface area contributed by atoms with Gasteiger partial charge in [-0.05, 0) is 31.1 Å². The molecule has 3 N–H and O–H groups in total. The summed E-state index contributed by atoms with van der Waals surface area (Å²) in [6.45, 7) is 2.55. The largest absolute Gasteiger partial charge is 0.356 e. The Morgan fingerprint density at radius 3 is 2.38 bits per heavy atom. The van der Waals surface area contributed by atoms with Crippen molar-refractivity contribution in [2.45, 2.75) is 25.4 Å². The lowest BCUT2D eigenvalue weighted by molar-refractivity contribution is -0.121. The van der Waals surface area contributed by atoms with Gasteiger partial charge in [0.2, 0.25) is 5.91 Å². The highest BCUT2D eigenvalue weighted by molar-refractivity contribution is 5.76. The highest BCUT2D eigenvalue weighted by Gasteiger charge is 2.10. The number of carbonyl (C=O) groups excluding carboxylic acids is 1. The van der Waals surface area contributed by atoms with Crippen LogP contribution >= 0.6 is 0 Å². The van der Waals surface area contributed by atoms with Crippen LogP contribution in [0.15, 0.2) is 60.7 Å². The fourth-order valence-electron chi connectivity index (χ4n) is 2.64. The van der Waals surface area contributed by atoms with Crippen molar-refractivity contribution in [2.75, 3.05) is 20.1 Å². The molecule has 0 fully saturated rings. The van der Waals surface area contributed by atoms with Crippen molar-refractivity contribution in [1.82, 2.24) is 10.2 Å². The lowest BCUT2D eigenvalue weighted by Gasteiger charge is -2.17. The van der Waals surface area contributed by atoms with Gasteiger partial charge in [0.15, 0.2) is 0 Å². The Morgan fingerprint density at radius 2 is 1.71 bits per heavy atom. The zero-order chi connectivity index (χ0) is 17.2. The number of carbonyl (C=O) groups is 1. The zero-order valence-corrected chi connectivity index (χ0v) is 14.3. The molecule has 0 heterocycles. The Balaban J connectivity index is 1.60. The number of benzene rings is 2. The van der Waals surface area contributed by atoms with Crippen molar-refractivity contribution >= 4 is 5.91 Å². The Hall–Kier alpha value is -2.17. The molecule has 0 saturated carbocycles. The van der Waals surface area contributed by atoms with E-state index in [1.807, 2.05) is 36.4 Å². The van der Waals surface area contributed by atoms with Gasteiger partial charge >= 0.3 is 0 Å². The predicted molar refractivity (Wildman–Crippen MR) is 98.4 cm³/mol. The van der Waals surface area contributed by atoms with E-state index in [2.05, 4.69) is 41.5 Å². The minimum absolute atomic E-state index is 0.0112. The molecule has 0 bridgehead atoms. The molecule has 1 amide bonds. The molecule has 0 aliphatic heterocycles. The lowest BCUT2D eigenvalue weighted by atomic mass is 10.0. The molecule has 24 heavy (non-hydrogen) atoms. The first-order valence-electron chi connectivity index (χ1n) is 8.45. The standard InChI is InChI=1S/C20H27N3O/c1-23(16-17-9-4-2-5-10-17)14-8-13-22-20(24)15-19(21)18-11-6-3-7-12-18/h2-7,9-12,19H,8,13-16,21H2,1H3,(H,22,24). The molecule has 0 aromatic heterocycles. The molecule has 0 radical (unpaired) electrons. The third-order valence-corrected chi connectivity index (χ3v) is 3.97. The van der Waals surface area contributed by atoms with Crippen LogP contribution in [0, 0.1) is 0 Å². The van der Waals surface area contributed by atoms with Crippen LogP contribution in [0.1, 0.15) is 30.0 Å². The molecule has 0 spiro atoms. The summed E-state index contributed by atoms with van der Waals surface area (Å²) in [5.74, 6) is 0.0112. The van der Waals surface area contributed by atoms with Gasteiger partial charge < -0.3 is 16.0 Å². The van der Waals surface area contributed by atoms with E-state index in [0.717, 1.165) is 25.1 Å². The second-order valence-electron chi connectivity index (χ2n) is 6.15. The van der Waals surface area contributed by atoms with Crippen molar-refractivity contribution in [3.8, 4) is 0 Å². The Bertz CT molecular complexity index is 601. The quantitative estimate of drug-likeness (QED) is 0.697. The van der Waals surface area contributed by atoms with Crippen LogP contribution in [-0.2, 0) is 11.3 Å². The maximum absolute atomic E-state index is 12.0. The predicted octanol–water partition coefficient (Wildman–Crippen LogP) is 2.71. The van der Waals surface area contributed by atoms with Gasteiger partial charge in [0, 0.05) is 25.6 Å². The van der Waals surface area contributed by atoms with Crippen LogP contribution < -0.4 is 11.1 Å². The summed E-state index contributed by atoms with van der Waals surface area (Å²) in [6.07, 6.45) is 1.25. The Morgan fingerprint density at radius 1 is 1.08 bits per heavy atom. The van der Waals surface area contributed by atoms with Gasteiger partial charge in [-0.15, -0.1) is 0 Å². The second-order valence-corrected chi connectivity index (χ2v) is 6.15. The van der Waals surface area contributed by atoms with Crippen LogP contribution in [0.5, 0.6) is 0 Å². The number of nitrogens with two attached hydrogens (primary N) is 1. The molecule has 2 aromatic rings. The topological polar surface area (TPSA) is 58.4 Å². The molecular formula is C20H27N3O. The number of amides is 1. The van der Waals surface area contributed by atoms with Crippen LogP contribution in [0.3, 0.4) is 0 Å². The normalized spacial score (nSPS) is 12.1. The molecule has 2 rings (SSSR count). The molecule has 4 heteroatoms. The molecule has 4 nitrogen and oxygen atoms in total. The van der Waals surface area contributed by atoms with E-state index >= 15 is 0 Å². The fraction of sp³-hybridized carbons (Fsp3) is 0.350. The van der Waals surface area contributed by atoms with E-state index in [9.17, 15) is 4.79 Å². The van der Waals surface area contributed by atoms with Crippen LogP contribution in [-0.4, -0.2) is 30.9 Å². The molecule has 1 atom stereocenters. The highest BCUT2D eigenvalue weighted by Crippen LogP contribution is 2.12. The van der Waals surface area contributed by atoms with E-state index in [-0.39, 0.29) is 11.9 Å². The minimum atomic E-state index is -0.244. The molecule has 128 valence electrons. The van der Waals surface area contributed by atoms with Gasteiger partial charge in [-0.3, -0.25) is 4.79 Å². The van der Waals surface area contributed by atoms with Crippen LogP contribution in [0.4, 0.5) is 0 Å². The zero-order valence-electron chi connectivity index (χ0n) is 14.3. The van der Waals surface area contributed by atoms with Crippen LogP contribution in [0.25, 0.3) is 0 Å². The first-order chi connectivity index (χ1) is 11.6. The molecule has 2 aromatic carbocycles. The Labute approximate surface area is 144 Å². The SMILES string of the molecule is CN(CCCNC(=O)CC(N)c1ccccc1)Cc1ccccc1. The third kappa shape index (κ3) is 6.52. The van der Waals surface area contributed by atoms with Gasteiger partial charge in [-0.25, -0.2) is 0 Å². The van der Waals surface area contributed by atoms with Crippen molar-refractivity contribution in [3.05, 3.63) is 71.8 Å². The van der Waals surface area contributed by atoms with Gasteiger partial charge in [0.25, 0.3) is 0 Å². The first-order valence-corrected chi connectivity index (χ1v) is 8.45. The second kappa shape index (κ2) is 9.85. The summed E-state index contributed by atoms with van der Waals surface area (Å²) in [7, 11) is 2.10. The molecule has 0 saturated heterocycles. The first kappa shape index (κ1) is 18.2. The van der Waals surface area contributed by atoms with E-state index < -0.39 is 0 Å². The van der Waals surface area contributed by atoms with Gasteiger partial charge in [0.05, 0.1) is 0 Å². The van der Waals surface area contributed by atoms with Gasteiger partial charge in [-0.1, -0.05) is 60.7 Å². The molecule has 0 aliphatic carbocycles. The van der Waals surface area contributed by atoms with Crippen molar-refractivity contribution in [1.29, 1.82) is 0 Å². The third-order valence-electron chi connectivity index (χ3n) is 3.97. The highest BCUT2D eigenvalue weighted by atomic mass is 16.1. The minimum Gasteiger partial charge on any atom is -0.356 e. The summed E-state index contributed by atoms with van der Waals surface area (Å²) in [4.78, 5) is 14.2. The monoisotopic (exact) mass is 325 g/mol. The maximum atomic E-state index is 12.0. The summed E-state index contributed by atoms with van der Waals surface area (Å²) in [5.41, 5.74) is 8.36. The average Bonchev–Trinajstić information content (AvgIpc) is 2.60. The molecule has 1 unspecified atom stereocenters. The molecule has 0 aliphatic rings. The van der Waals surface area contributed by atoms with E-state index in [0.29, 0.717) is 13.0 Å². The summed E-state index contributed by atoms with van der Waals surface area (Å²) >= 11 is 0. The van der Waals surface area contributed by atoms with Crippen molar-refractivity contribution < 1.29 is 4.79 Å². The fourth-order valence-corrected chi connectivity index (χ4v) is 2.64. The molecular weight excluding hydrogens is 298 g/mol. The lowest BCUT2D eigenvalue weighted by Crippen LogP contribution is -2.30. The number of hydrogen-bond donors (Lipinski definition) is 2. The van der Waals surface area contributed by atoms with Gasteiger partial charge in [-0.2, -0.15) is 0 Å². The number of nitrogens with zero attached hydrogens (tertiary/aromatic N) is 1.